The number of hydrogen-bond donors (Lipinski definition) is 1. The molecule has 1 heterocycles. The number of H-pyrrole nitrogens is 1. The Kier molecular flexibility index (Phi) is 2.18. The molecule has 4 rings (SSSR count). The van der Waals surface area contributed by atoms with Crippen molar-refractivity contribution in [1.82, 2.24) is 4.98 Å². The minimum atomic E-state index is 1.11. The normalized spacial score (nSPS) is 11.2. The molecular weight excluding hydrogens is 230 g/mol. The Balaban J connectivity index is 1.93. The Morgan fingerprint density at radius 1 is 0.737 bits per heavy atom. The van der Waals surface area contributed by atoms with Crippen LogP contribution in [-0.4, -0.2) is 4.98 Å². The molecule has 1 heteroatoms. The lowest BCUT2D eigenvalue weighted by molar-refractivity contribution is 1.46. The zero-order chi connectivity index (χ0) is 12.7. The fourth-order valence-corrected chi connectivity index (χ4v) is 2.49. The molecule has 0 amide bonds. The molecule has 1 aromatic heterocycles. The maximum Gasteiger partial charge on any atom is 0.0471 e. The van der Waals surface area contributed by atoms with E-state index in [1.807, 2.05) is 12.1 Å². The maximum absolute atomic E-state index is 3.47. The van der Waals surface area contributed by atoms with E-state index in [0.29, 0.717) is 0 Å². The molecule has 1 N–H and O–H groups in total. The van der Waals surface area contributed by atoms with Crippen LogP contribution in [0.2, 0.25) is 0 Å². The van der Waals surface area contributed by atoms with E-state index in [4.69, 9.17) is 0 Å². The van der Waals surface area contributed by atoms with Gasteiger partial charge in [-0.05, 0) is 22.9 Å². The number of rotatable bonds is 1. The molecule has 4 aromatic rings. The fourth-order valence-electron chi connectivity index (χ4n) is 2.49. The first-order valence-corrected chi connectivity index (χ1v) is 6.39. The van der Waals surface area contributed by atoms with Crippen LogP contribution >= 0.6 is 0 Å². The molecule has 0 aliphatic heterocycles. The van der Waals surface area contributed by atoms with E-state index in [9.17, 15) is 0 Å². The van der Waals surface area contributed by atoms with Crippen molar-refractivity contribution in [3.63, 3.8) is 0 Å². The standard InChI is InChI=1S/C18H12N/c1-2-6-14-11-16(10-9-13(14)5-1)18-12-15-7-3-4-8-17(15)19-18/h1-10,12,19H. The molecule has 0 atom stereocenters. The summed E-state index contributed by atoms with van der Waals surface area (Å²) in [6, 6.07) is 26.6. The van der Waals surface area contributed by atoms with Crippen LogP contribution in [0.3, 0.4) is 0 Å². The Hall–Kier alpha value is -2.54. The second-order valence-electron chi connectivity index (χ2n) is 4.73. The highest BCUT2D eigenvalue weighted by atomic mass is 14.7. The van der Waals surface area contributed by atoms with Crippen LogP contribution in [0.1, 0.15) is 0 Å². The summed E-state index contributed by atoms with van der Waals surface area (Å²) in [6.45, 7) is 0. The average molecular weight is 242 g/mol. The molecule has 0 saturated heterocycles. The van der Waals surface area contributed by atoms with E-state index in [0.717, 1.165) is 16.6 Å². The van der Waals surface area contributed by atoms with Crippen molar-refractivity contribution in [3.05, 3.63) is 72.8 Å². The molecule has 0 bridgehead atoms. The van der Waals surface area contributed by atoms with E-state index in [2.05, 4.69) is 65.6 Å². The van der Waals surface area contributed by atoms with Gasteiger partial charge in [-0.15, -0.1) is 0 Å². The van der Waals surface area contributed by atoms with Gasteiger partial charge in [0, 0.05) is 28.2 Å². The molecule has 0 aliphatic rings. The number of nitrogens with one attached hydrogen (secondary N) is 1. The third-order valence-electron chi connectivity index (χ3n) is 3.48. The van der Waals surface area contributed by atoms with E-state index in [1.165, 1.54) is 16.3 Å². The summed E-state index contributed by atoms with van der Waals surface area (Å²) in [5, 5.41) is 3.61. The van der Waals surface area contributed by atoms with Crippen LogP contribution in [0.15, 0.2) is 66.7 Å². The molecule has 1 nitrogen and oxygen atoms in total. The number of benzene rings is 3. The second-order valence-corrected chi connectivity index (χ2v) is 4.73. The molecule has 3 aromatic carbocycles. The Morgan fingerprint density at radius 2 is 1.53 bits per heavy atom. The number of hydrogen-bond acceptors (Lipinski definition) is 0. The summed E-state index contributed by atoms with van der Waals surface area (Å²) in [6.07, 6.45) is 0. The number of fused-ring (bicyclic) bond motifs is 2. The first kappa shape index (κ1) is 10.4. The lowest BCUT2D eigenvalue weighted by Gasteiger charge is -2.00. The highest BCUT2D eigenvalue weighted by Gasteiger charge is 2.04. The largest absolute Gasteiger partial charge is 0.355 e. The summed E-state index contributed by atoms with van der Waals surface area (Å²) < 4.78 is 0. The molecule has 1 radical (unpaired) electrons. The SMILES string of the molecule is [c]1c(-c2cc3ccccc3[nH]2)ccc2ccccc12. The second kappa shape index (κ2) is 3.99. The van der Waals surface area contributed by atoms with Crippen molar-refractivity contribution < 1.29 is 0 Å². The van der Waals surface area contributed by atoms with Gasteiger partial charge in [0.1, 0.15) is 0 Å². The van der Waals surface area contributed by atoms with Crippen LogP contribution in [-0.2, 0) is 0 Å². The summed E-state index contributed by atoms with van der Waals surface area (Å²) >= 11 is 0. The first-order chi connectivity index (χ1) is 9.40. The molecule has 19 heavy (non-hydrogen) atoms. The van der Waals surface area contributed by atoms with Gasteiger partial charge in [-0.2, -0.15) is 0 Å². The zero-order valence-corrected chi connectivity index (χ0v) is 10.4. The zero-order valence-electron chi connectivity index (χ0n) is 10.4. The van der Waals surface area contributed by atoms with Gasteiger partial charge in [-0.3, -0.25) is 0 Å². The predicted molar refractivity (Wildman–Crippen MR) is 80.1 cm³/mol. The average Bonchev–Trinajstić information content (AvgIpc) is 2.90. The van der Waals surface area contributed by atoms with Crippen LogP contribution in [0.25, 0.3) is 32.9 Å². The lowest BCUT2D eigenvalue weighted by Crippen LogP contribution is -1.79. The number of para-hydroxylation sites is 1. The number of aromatic amines is 1. The molecular formula is C18H12N. The van der Waals surface area contributed by atoms with Gasteiger partial charge < -0.3 is 4.98 Å². The van der Waals surface area contributed by atoms with Gasteiger partial charge in [0.2, 0.25) is 0 Å². The van der Waals surface area contributed by atoms with Crippen LogP contribution in [0.5, 0.6) is 0 Å². The molecule has 0 aliphatic carbocycles. The van der Waals surface area contributed by atoms with Gasteiger partial charge in [-0.1, -0.05) is 54.6 Å². The van der Waals surface area contributed by atoms with Crippen molar-refractivity contribution in [2.75, 3.05) is 0 Å². The van der Waals surface area contributed by atoms with Crippen molar-refractivity contribution >= 4 is 21.7 Å². The lowest BCUT2D eigenvalue weighted by atomic mass is 10.1. The van der Waals surface area contributed by atoms with Crippen molar-refractivity contribution in [2.45, 2.75) is 0 Å². The van der Waals surface area contributed by atoms with Gasteiger partial charge in [0.05, 0.1) is 0 Å². The Bertz CT molecular complexity index is 838. The minimum absolute atomic E-state index is 1.11. The molecule has 0 spiro atoms. The molecule has 89 valence electrons. The quantitative estimate of drug-likeness (QED) is 0.494. The highest BCUT2D eigenvalue weighted by molar-refractivity contribution is 5.90. The maximum atomic E-state index is 3.47. The summed E-state index contributed by atoms with van der Waals surface area (Å²) in [7, 11) is 0. The fraction of sp³-hybridized carbons (Fsp3) is 0. The van der Waals surface area contributed by atoms with E-state index in [1.54, 1.807) is 0 Å². The van der Waals surface area contributed by atoms with Gasteiger partial charge in [0.25, 0.3) is 0 Å². The summed E-state index contributed by atoms with van der Waals surface area (Å²) in [5.41, 5.74) is 3.39. The summed E-state index contributed by atoms with van der Waals surface area (Å²) in [4.78, 5) is 3.45. The minimum Gasteiger partial charge on any atom is -0.355 e. The van der Waals surface area contributed by atoms with E-state index >= 15 is 0 Å². The van der Waals surface area contributed by atoms with Crippen molar-refractivity contribution in [2.24, 2.45) is 0 Å². The van der Waals surface area contributed by atoms with Crippen molar-refractivity contribution in [1.29, 1.82) is 0 Å². The first-order valence-electron chi connectivity index (χ1n) is 6.39. The molecule has 0 unspecified atom stereocenters. The smallest absolute Gasteiger partial charge is 0.0471 e. The van der Waals surface area contributed by atoms with Crippen molar-refractivity contribution in [3.8, 4) is 11.3 Å². The van der Waals surface area contributed by atoms with Crippen LogP contribution < -0.4 is 0 Å². The third kappa shape index (κ3) is 1.71. The summed E-state index contributed by atoms with van der Waals surface area (Å²) in [5.74, 6) is 0. The predicted octanol–water partition coefficient (Wildman–Crippen LogP) is 4.79. The van der Waals surface area contributed by atoms with E-state index in [-0.39, 0.29) is 0 Å². The van der Waals surface area contributed by atoms with Gasteiger partial charge in [-0.25, -0.2) is 0 Å². The highest BCUT2D eigenvalue weighted by Crippen LogP contribution is 2.26. The van der Waals surface area contributed by atoms with Gasteiger partial charge in [0.15, 0.2) is 0 Å². The van der Waals surface area contributed by atoms with E-state index < -0.39 is 0 Å². The Labute approximate surface area is 111 Å². The van der Waals surface area contributed by atoms with Gasteiger partial charge >= 0.3 is 0 Å². The topological polar surface area (TPSA) is 15.8 Å². The Morgan fingerprint density at radius 3 is 2.42 bits per heavy atom. The monoisotopic (exact) mass is 242 g/mol. The van der Waals surface area contributed by atoms with Crippen LogP contribution in [0, 0.1) is 6.07 Å². The number of aromatic nitrogens is 1. The molecule has 0 saturated carbocycles. The third-order valence-corrected chi connectivity index (χ3v) is 3.48. The molecule has 0 fully saturated rings. The van der Waals surface area contributed by atoms with Crippen LogP contribution in [0.4, 0.5) is 0 Å².